The summed E-state index contributed by atoms with van der Waals surface area (Å²) in [6.07, 6.45) is 4.27. The van der Waals surface area contributed by atoms with Crippen LogP contribution in [-0.4, -0.2) is 58.0 Å². The largest absolute Gasteiger partial charge is 0.370 e. The van der Waals surface area contributed by atoms with Gasteiger partial charge in [-0.15, -0.1) is 0 Å². The number of carbonyl (C=O) groups excluding carboxylic acids is 2. The van der Waals surface area contributed by atoms with Crippen molar-refractivity contribution in [2.24, 2.45) is 0 Å². The number of ether oxygens (including phenoxy) is 1. The van der Waals surface area contributed by atoms with Crippen LogP contribution in [0.4, 0.5) is 4.39 Å². The zero-order valence-corrected chi connectivity index (χ0v) is 19.1. The topological polar surface area (TPSA) is 87.3 Å². The first kappa shape index (κ1) is 22.5. The minimum absolute atomic E-state index is 0.0460. The number of para-hydroxylation sites is 2. The summed E-state index contributed by atoms with van der Waals surface area (Å²) in [5.74, 6) is 0.0260. The van der Waals surface area contributed by atoms with E-state index in [1.807, 2.05) is 29.2 Å². The molecule has 1 spiro atoms. The molecule has 3 heterocycles. The minimum atomic E-state index is -0.527. The molecule has 2 saturated heterocycles. The summed E-state index contributed by atoms with van der Waals surface area (Å²) in [6.45, 7) is 1.70. The summed E-state index contributed by atoms with van der Waals surface area (Å²) in [5.41, 5.74) is 1.72. The second-order valence-corrected chi connectivity index (χ2v) is 9.23. The molecular formula is C26H29FN4O3. The number of H-pyrrole nitrogens is 1. The molecule has 0 radical (unpaired) electrons. The van der Waals surface area contributed by atoms with Crippen molar-refractivity contribution in [1.29, 1.82) is 0 Å². The van der Waals surface area contributed by atoms with Gasteiger partial charge < -0.3 is 19.9 Å². The average molecular weight is 465 g/mol. The number of nitrogens with one attached hydrogen (secondary N) is 2. The molecule has 0 saturated carbocycles. The number of likely N-dealkylation sites (tertiary alicyclic amines) is 1. The van der Waals surface area contributed by atoms with Crippen molar-refractivity contribution in [2.75, 3.05) is 19.6 Å². The zero-order chi connectivity index (χ0) is 23.5. The summed E-state index contributed by atoms with van der Waals surface area (Å²) in [7, 11) is 0. The van der Waals surface area contributed by atoms with E-state index in [1.165, 1.54) is 12.1 Å². The molecule has 7 nitrogen and oxygen atoms in total. The Hall–Kier alpha value is -3.26. The summed E-state index contributed by atoms with van der Waals surface area (Å²) in [4.78, 5) is 34.8. The second-order valence-electron chi connectivity index (χ2n) is 9.23. The number of piperidine rings is 1. The third-order valence-electron chi connectivity index (χ3n) is 6.99. The molecule has 1 unspecified atom stereocenters. The molecule has 2 aliphatic heterocycles. The van der Waals surface area contributed by atoms with Crippen LogP contribution >= 0.6 is 0 Å². The molecule has 2 fully saturated rings. The lowest BCUT2D eigenvalue weighted by atomic mass is 9.88. The van der Waals surface area contributed by atoms with E-state index in [0.717, 1.165) is 42.5 Å². The standard InChI is InChI=1S/C26H29FN4O3/c27-20-6-2-1-5-19(20)25(33)28-17-18-11-12-26(34-18)13-15-31(16-14-26)24(32)10-9-23-29-21-7-3-4-8-22(21)30-23/h1-8,18H,9-17H2,(H,28,33)(H,29,30). The van der Waals surface area contributed by atoms with E-state index in [2.05, 4.69) is 15.3 Å². The second kappa shape index (κ2) is 9.54. The Bertz CT molecular complexity index is 1150. The number of aromatic nitrogens is 2. The lowest BCUT2D eigenvalue weighted by molar-refractivity contribution is -0.137. The van der Waals surface area contributed by atoms with Gasteiger partial charge in [0, 0.05) is 32.5 Å². The molecule has 1 aromatic heterocycles. The Morgan fingerprint density at radius 1 is 1.12 bits per heavy atom. The monoisotopic (exact) mass is 464 g/mol. The van der Waals surface area contributed by atoms with Gasteiger partial charge in [0.15, 0.2) is 0 Å². The van der Waals surface area contributed by atoms with E-state index in [-0.39, 0.29) is 23.2 Å². The van der Waals surface area contributed by atoms with E-state index in [9.17, 15) is 14.0 Å². The number of aromatic amines is 1. The maximum Gasteiger partial charge on any atom is 0.254 e. The molecule has 5 rings (SSSR count). The van der Waals surface area contributed by atoms with Crippen molar-refractivity contribution in [3.05, 3.63) is 65.7 Å². The Labute approximate surface area is 197 Å². The first-order valence-electron chi connectivity index (χ1n) is 11.9. The van der Waals surface area contributed by atoms with Crippen LogP contribution in [0.3, 0.4) is 0 Å². The molecule has 0 aliphatic carbocycles. The van der Waals surface area contributed by atoms with Crippen LogP contribution in [0.1, 0.15) is 48.3 Å². The molecule has 2 aliphatic rings. The quantitative estimate of drug-likeness (QED) is 0.584. The van der Waals surface area contributed by atoms with E-state index < -0.39 is 11.7 Å². The number of nitrogens with zero attached hydrogens (tertiary/aromatic N) is 2. The fraction of sp³-hybridized carbons (Fsp3) is 0.423. The third kappa shape index (κ3) is 4.82. The number of hydrogen-bond donors (Lipinski definition) is 2. The van der Waals surface area contributed by atoms with Crippen LogP contribution in [0.2, 0.25) is 0 Å². The normalized spacial score (nSPS) is 19.6. The van der Waals surface area contributed by atoms with Crippen LogP contribution in [0.25, 0.3) is 11.0 Å². The average Bonchev–Trinajstić information content (AvgIpc) is 3.45. The number of imidazole rings is 1. The number of halogens is 1. The SMILES string of the molecule is O=C(NCC1CCC2(CCN(C(=O)CCc3nc4ccccc4[nH]3)CC2)O1)c1ccccc1F. The molecule has 2 aromatic carbocycles. The van der Waals surface area contributed by atoms with Crippen molar-refractivity contribution in [2.45, 2.75) is 50.2 Å². The van der Waals surface area contributed by atoms with Gasteiger partial charge in [0.1, 0.15) is 11.6 Å². The predicted octanol–water partition coefficient (Wildman–Crippen LogP) is 3.60. The van der Waals surface area contributed by atoms with Gasteiger partial charge in [0.2, 0.25) is 5.91 Å². The number of aryl methyl sites for hydroxylation is 1. The van der Waals surface area contributed by atoms with Crippen molar-refractivity contribution < 1.29 is 18.7 Å². The summed E-state index contributed by atoms with van der Waals surface area (Å²) < 4.78 is 20.1. The zero-order valence-electron chi connectivity index (χ0n) is 19.1. The lowest BCUT2D eigenvalue weighted by Crippen LogP contribution is -2.47. The van der Waals surface area contributed by atoms with Crippen molar-refractivity contribution >= 4 is 22.8 Å². The molecule has 3 aromatic rings. The van der Waals surface area contributed by atoms with Gasteiger partial charge in [-0.3, -0.25) is 9.59 Å². The van der Waals surface area contributed by atoms with Gasteiger partial charge in [-0.1, -0.05) is 24.3 Å². The van der Waals surface area contributed by atoms with E-state index >= 15 is 0 Å². The van der Waals surface area contributed by atoms with E-state index in [1.54, 1.807) is 12.1 Å². The van der Waals surface area contributed by atoms with Gasteiger partial charge in [-0.25, -0.2) is 9.37 Å². The fourth-order valence-corrected chi connectivity index (χ4v) is 5.03. The molecular weight excluding hydrogens is 435 g/mol. The van der Waals surface area contributed by atoms with Crippen LogP contribution in [0.15, 0.2) is 48.5 Å². The van der Waals surface area contributed by atoms with Gasteiger partial charge in [0.05, 0.1) is 28.3 Å². The first-order valence-corrected chi connectivity index (χ1v) is 11.9. The number of carbonyl (C=O) groups is 2. The Balaban J connectivity index is 1.07. The summed E-state index contributed by atoms with van der Waals surface area (Å²) in [6, 6.07) is 13.8. The Morgan fingerprint density at radius 2 is 1.88 bits per heavy atom. The highest BCUT2D eigenvalue weighted by Crippen LogP contribution is 2.38. The first-order chi connectivity index (χ1) is 16.5. The lowest BCUT2D eigenvalue weighted by Gasteiger charge is -2.39. The summed E-state index contributed by atoms with van der Waals surface area (Å²) >= 11 is 0. The maximum atomic E-state index is 13.8. The number of fused-ring (bicyclic) bond motifs is 1. The fourth-order valence-electron chi connectivity index (χ4n) is 5.03. The number of rotatable bonds is 6. The van der Waals surface area contributed by atoms with Crippen molar-refractivity contribution in [3.8, 4) is 0 Å². The Morgan fingerprint density at radius 3 is 2.68 bits per heavy atom. The minimum Gasteiger partial charge on any atom is -0.370 e. The number of amides is 2. The van der Waals surface area contributed by atoms with Crippen LogP contribution in [0.5, 0.6) is 0 Å². The van der Waals surface area contributed by atoms with Crippen LogP contribution < -0.4 is 5.32 Å². The molecule has 2 N–H and O–H groups in total. The molecule has 2 amide bonds. The highest BCUT2D eigenvalue weighted by Gasteiger charge is 2.43. The maximum absolute atomic E-state index is 13.8. The van der Waals surface area contributed by atoms with Gasteiger partial charge in [0.25, 0.3) is 5.91 Å². The highest BCUT2D eigenvalue weighted by molar-refractivity contribution is 5.94. The van der Waals surface area contributed by atoms with Gasteiger partial charge in [-0.2, -0.15) is 0 Å². The van der Waals surface area contributed by atoms with Crippen LogP contribution in [-0.2, 0) is 16.0 Å². The number of hydrogen-bond acceptors (Lipinski definition) is 4. The third-order valence-corrected chi connectivity index (χ3v) is 6.99. The molecule has 1 atom stereocenters. The van der Waals surface area contributed by atoms with Gasteiger partial charge in [-0.05, 0) is 49.9 Å². The van der Waals surface area contributed by atoms with Crippen molar-refractivity contribution in [3.63, 3.8) is 0 Å². The van der Waals surface area contributed by atoms with E-state index in [4.69, 9.17) is 4.74 Å². The van der Waals surface area contributed by atoms with E-state index in [0.29, 0.717) is 32.5 Å². The molecule has 178 valence electrons. The molecule has 0 bridgehead atoms. The van der Waals surface area contributed by atoms with Crippen LogP contribution in [0, 0.1) is 5.82 Å². The smallest absolute Gasteiger partial charge is 0.254 e. The molecule has 34 heavy (non-hydrogen) atoms. The highest BCUT2D eigenvalue weighted by atomic mass is 19.1. The molecule has 8 heteroatoms. The van der Waals surface area contributed by atoms with Gasteiger partial charge >= 0.3 is 0 Å². The number of benzene rings is 2. The predicted molar refractivity (Wildman–Crippen MR) is 126 cm³/mol. The van der Waals surface area contributed by atoms with Crippen molar-refractivity contribution in [1.82, 2.24) is 20.2 Å². The Kier molecular flexibility index (Phi) is 6.32. The summed E-state index contributed by atoms with van der Waals surface area (Å²) in [5, 5.41) is 2.80.